The Balaban J connectivity index is 1.97. The van der Waals surface area contributed by atoms with Crippen molar-refractivity contribution in [2.45, 2.75) is 18.2 Å². The van der Waals surface area contributed by atoms with Crippen molar-refractivity contribution in [3.05, 3.63) is 34.4 Å². The van der Waals surface area contributed by atoms with Crippen LogP contribution in [0.15, 0.2) is 29.3 Å². The van der Waals surface area contributed by atoms with E-state index in [0.29, 0.717) is 5.69 Å². The smallest absolute Gasteiger partial charge is 0.269 e. The number of nitrogens with zero attached hydrogens (tertiary/aromatic N) is 2. The van der Waals surface area contributed by atoms with E-state index in [2.05, 4.69) is 15.8 Å². The summed E-state index contributed by atoms with van der Waals surface area (Å²) in [6.45, 7) is -0.374. The summed E-state index contributed by atoms with van der Waals surface area (Å²) >= 11 is 0. The van der Waals surface area contributed by atoms with Crippen molar-refractivity contribution >= 4 is 17.2 Å². The van der Waals surface area contributed by atoms with Gasteiger partial charge < -0.3 is 15.3 Å². The Hall–Kier alpha value is -2.23. The highest BCUT2D eigenvalue weighted by Crippen LogP contribution is 2.16. The van der Waals surface area contributed by atoms with Gasteiger partial charge in [-0.25, -0.2) is 0 Å². The SMILES string of the molecule is O=[N+]([O-])c1ccc(NNC2=N[C@H](CO)[C@H](O)[C@@H]2O)cc1. The van der Waals surface area contributed by atoms with E-state index in [-0.39, 0.29) is 18.1 Å². The van der Waals surface area contributed by atoms with Crippen molar-refractivity contribution in [3.63, 3.8) is 0 Å². The molecule has 5 N–H and O–H groups in total. The Labute approximate surface area is 113 Å². The van der Waals surface area contributed by atoms with Crippen LogP contribution in [-0.2, 0) is 0 Å². The van der Waals surface area contributed by atoms with Gasteiger partial charge in [0.05, 0.1) is 17.2 Å². The average Bonchev–Trinajstić information content (AvgIpc) is 2.73. The second-order valence-electron chi connectivity index (χ2n) is 4.25. The van der Waals surface area contributed by atoms with Gasteiger partial charge in [0, 0.05) is 12.1 Å². The molecule has 20 heavy (non-hydrogen) atoms. The number of anilines is 1. The second kappa shape index (κ2) is 5.82. The zero-order chi connectivity index (χ0) is 14.7. The summed E-state index contributed by atoms with van der Waals surface area (Å²) < 4.78 is 0. The van der Waals surface area contributed by atoms with Crippen LogP contribution in [0, 0.1) is 10.1 Å². The van der Waals surface area contributed by atoms with Gasteiger partial charge in [-0.1, -0.05) is 0 Å². The number of hydrazine groups is 1. The molecule has 9 heteroatoms. The topological polar surface area (TPSA) is 140 Å². The lowest BCUT2D eigenvalue weighted by Gasteiger charge is -2.14. The van der Waals surface area contributed by atoms with Crippen LogP contribution in [0.1, 0.15) is 0 Å². The molecule has 9 nitrogen and oxygen atoms in total. The minimum absolute atomic E-state index is 0.0374. The van der Waals surface area contributed by atoms with Crippen LogP contribution in [0.4, 0.5) is 11.4 Å². The largest absolute Gasteiger partial charge is 0.394 e. The first-order valence-electron chi connectivity index (χ1n) is 5.84. The predicted molar refractivity (Wildman–Crippen MR) is 70.2 cm³/mol. The van der Waals surface area contributed by atoms with E-state index in [1.807, 2.05) is 0 Å². The normalized spacial score (nSPS) is 25.1. The Morgan fingerprint density at radius 3 is 2.40 bits per heavy atom. The third-order valence-corrected chi connectivity index (χ3v) is 2.90. The highest BCUT2D eigenvalue weighted by atomic mass is 16.6. The fourth-order valence-corrected chi connectivity index (χ4v) is 1.76. The van der Waals surface area contributed by atoms with Crippen LogP contribution in [0.2, 0.25) is 0 Å². The molecule has 0 saturated carbocycles. The number of benzene rings is 1. The van der Waals surface area contributed by atoms with Gasteiger partial charge in [0.2, 0.25) is 0 Å². The Morgan fingerprint density at radius 2 is 1.90 bits per heavy atom. The zero-order valence-corrected chi connectivity index (χ0v) is 10.3. The van der Waals surface area contributed by atoms with Crippen LogP contribution in [0.25, 0.3) is 0 Å². The molecular weight excluding hydrogens is 268 g/mol. The monoisotopic (exact) mass is 282 g/mol. The van der Waals surface area contributed by atoms with Gasteiger partial charge in [-0.15, -0.1) is 0 Å². The fourth-order valence-electron chi connectivity index (χ4n) is 1.76. The number of amidine groups is 1. The lowest BCUT2D eigenvalue weighted by Crippen LogP contribution is -2.42. The van der Waals surface area contributed by atoms with Crippen molar-refractivity contribution in [1.29, 1.82) is 0 Å². The maximum Gasteiger partial charge on any atom is 0.269 e. The number of rotatable bonds is 4. The van der Waals surface area contributed by atoms with Crippen LogP contribution in [-0.4, -0.2) is 50.9 Å². The molecule has 0 unspecified atom stereocenters. The van der Waals surface area contributed by atoms with E-state index in [1.54, 1.807) is 0 Å². The van der Waals surface area contributed by atoms with E-state index in [1.165, 1.54) is 24.3 Å². The van der Waals surface area contributed by atoms with Crippen molar-refractivity contribution in [1.82, 2.24) is 5.43 Å². The summed E-state index contributed by atoms with van der Waals surface area (Å²) in [5.41, 5.74) is 5.78. The zero-order valence-electron chi connectivity index (χ0n) is 10.3. The molecule has 0 amide bonds. The van der Waals surface area contributed by atoms with E-state index in [9.17, 15) is 20.3 Å². The van der Waals surface area contributed by atoms with E-state index in [0.717, 1.165) is 0 Å². The molecule has 1 heterocycles. The maximum atomic E-state index is 10.5. The number of non-ortho nitro benzene ring substituents is 1. The van der Waals surface area contributed by atoms with Crippen molar-refractivity contribution in [3.8, 4) is 0 Å². The van der Waals surface area contributed by atoms with Gasteiger partial charge in [-0.2, -0.15) is 0 Å². The van der Waals surface area contributed by atoms with Crippen LogP contribution in [0.3, 0.4) is 0 Å². The number of aliphatic hydroxyl groups is 3. The highest BCUT2D eigenvalue weighted by Gasteiger charge is 2.36. The second-order valence-corrected chi connectivity index (χ2v) is 4.25. The molecule has 3 atom stereocenters. The fraction of sp³-hybridized carbons (Fsp3) is 0.364. The first kappa shape index (κ1) is 14.2. The molecule has 0 aliphatic carbocycles. The summed E-state index contributed by atoms with van der Waals surface area (Å²) in [6.07, 6.45) is -2.39. The third-order valence-electron chi connectivity index (χ3n) is 2.90. The number of hydrogen-bond acceptors (Lipinski definition) is 8. The Bertz CT molecular complexity index is 518. The van der Waals surface area contributed by atoms with E-state index < -0.39 is 23.2 Å². The number of nitro groups is 1. The van der Waals surface area contributed by atoms with Crippen LogP contribution in [0.5, 0.6) is 0 Å². The molecule has 0 bridgehead atoms. The van der Waals surface area contributed by atoms with Gasteiger partial charge in [-0.3, -0.25) is 26.0 Å². The quantitative estimate of drug-likeness (QED) is 0.352. The predicted octanol–water partition coefficient (Wildman–Crippen LogP) is -0.994. The lowest BCUT2D eigenvalue weighted by molar-refractivity contribution is -0.384. The number of nitro benzene ring substituents is 1. The molecule has 0 radical (unpaired) electrons. The molecule has 1 aliphatic rings. The van der Waals surface area contributed by atoms with Crippen molar-refractivity contribution < 1.29 is 20.2 Å². The number of aliphatic hydroxyl groups excluding tert-OH is 3. The molecular formula is C11H14N4O5. The van der Waals surface area contributed by atoms with Crippen molar-refractivity contribution in [2.24, 2.45) is 4.99 Å². The minimum atomic E-state index is -1.22. The molecule has 1 aliphatic heterocycles. The van der Waals surface area contributed by atoms with Gasteiger partial charge in [0.1, 0.15) is 24.1 Å². The molecule has 1 aromatic carbocycles. The highest BCUT2D eigenvalue weighted by molar-refractivity contribution is 5.90. The Morgan fingerprint density at radius 1 is 1.25 bits per heavy atom. The molecule has 0 spiro atoms. The van der Waals surface area contributed by atoms with Crippen molar-refractivity contribution in [2.75, 3.05) is 12.0 Å². The molecule has 108 valence electrons. The molecule has 0 fully saturated rings. The van der Waals surface area contributed by atoms with Gasteiger partial charge in [0.25, 0.3) is 5.69 Å². The van der Waals surface area contributed by atoms with Gasteiger partial charge >= 0.3 is 0 Å². The molecule has 0 saturated heterocycles. The molecule has 0 aromatic heterocycles. The third kappa shape index (κ3) is 2.85. The summed E-state index contributed by atoms with van der Waals surface area (Å²) in [6, 6.07) is 4.83. The standard InChI is InChI=1S/C11H14N4O5/c16-5-8-9(17)10(18)11(12-8)14-13-6-1-3-7(4-2-6)15(19)20/h1-4,8-10,13,16-18H,5H2,(H,12,14)/t8-,9+,10+/m1/s1. The van der Waals surface area contributed by atoms with Crippen LogP contribution < -0.4 is 10.9 Å². The molecule has 1 aromatic rings. The summed E-state index contributed by atoms with van der Waals surface area (Å²) in [5, 5.41) is 38.7. The summed E-state index contributed by atoms with van der Waals surface area (Å²) in [4.78, 5) is 13.9. The van der Waals surface area contributed by atoms with E-state index >= 15 is 0 Å². The summed E-state index contributed by atoms with van der Waals surface area (Å²) in [5.74, 6) is 0.0925. The number of hydrogen-bond donors (Lipinski definition) is 5. The Kier molecular flexibility index (Phi) is 4.13. The van der Waals surface area contributed by atoms with Gasteiger partial charge in [0.15, 0.2) is 0 Å². The van der Waals surface area contributed by atoms with Crippen LogP contribution >= 0.6 is 0 Å². The lowest BCUT2D eigenvalue weighted by atomic mass is 10.1. The number of aliphatic imine (C=N–C) groups is 1. The maximum absolute atomic E-state index is 10.5. The molecule has 2 rings (SSSR count). The average molecular weight is 282 g/mol. The minimum Gasteiger partial charge on any atom is -0.394 e. The first-order valence-corrected chi connectivity index (χ1v) is 5.84. The van der Waals surface area contributed by atoms with Gasteiger partial charge in [-0.05, 0) is 12.1 Å². The number of nitrogens with one attached hydrogen (secondary N) is 2. The summed E-state index contributed by atoms with van der Waals surface area (Å²) in [7, 11) is 0. The first-order chi connectivity index (χ1) is 9.52. The van der Waals surface area contributed by atoms with E-state index in [4.69, 9.17) is 5.11 Å².